The standard InChI is InChI=1S/C53H63N/c1-13-53(12)31-30-51(8,9)46-42(53)25-19-20-34(2)47(46)54(48-35(3)26-27-41-45(48)50(6,7)29-28-49(41,4)5)44-33-43-39(32-38(44)36-21-15-14-16-22-36)37-23-17-18-24-40(37)52(43,10)11/h14-19,21-27,32-33H,13,20,28-31H2,1-12H3. The molecule has 4 aromatic rings. The smallest absolute Gasteiger partial charge is 0.0543 e. The van der Waals surface area contributed by atoms with Crippen molar-refractivity contribution in [2.75, 3.05) is 4.90 Å². The van der Waals surface area contributed by atoms with Crippen molar-refractivity contribution >= 4 is 11.4 Å². The molecule has 0 radical (unpaired) electrons. The number of hydrogen-bond donors (Lipinski definition) is 0. The molecule has 0 saturated heterocycles. The minimum atomic E-state index is -0.127. The fourth-order valence-corrected chi connectivity index (χ4v) is 10.8. The summed E-state index contributed by atoms with van der Waals surface area (Å²) in [4.78, 5) is 2.85. The molecule has 0 aliphatic heterocycles. The topological polar surface area (TPSA) is 3.24 Å². The van der Waals surface area contributed by atoms with E-state index in [9.17, 15) is 0 Å². The molecule has 1 unspecified atom stereocenters. The lowest BCUT2D eigenvalue weighted by Crippen LogP contribution is -2.39. The van der Waals surface area contributed by atoms with Crippen LogP contribution in [0.1, 0.15) is 143 Å². The molecular formula is C53H63N. The number of rotatable bonds is 5. The largest absolute Gasteiger partial charge is 0.309 e. The van der Waals surface area contributed by atoms with Gasteiger partial charge < -0.3 is 4.90 Å². The van der Waals surface area contributed by atoms with Gasteiger partial charge in [-0.3, -0.25) is 0 Å². The molecule has 54 heavy (non-hydrogen) atoms. The third-order valence-corrected chi connectivity index (χ3v) is 14.7. The first kappa shape index (κ1) is 36.9. The Morgan fingerprint density at radius 3 is 2.00 bits per heavy atom. The number of hydrogen-bond acceptors (Lipinski definition) is 1. The van der Waals surface area contributed by atoms with Gasteiger partial charge in [-0.25, -0.2) is 0 Å². The van der Waals surface area contributed by atoms with E-state index in [0.717, 1.165) is 12.8 Å². The van der Waals surface area contributed by atoms with Gasteiger partial charge in [-0.15, -0.1) is 0 Å². The highest BCUT2D eigenvalue weighted by molar-refractivity contribution is 5.95. The molecule has 1 atom stereocenters. The van der Waals surface area contributed by atoms with E-state index in [4.69, 9.17) is 0 Å². The van der Waals surface area contributed by atoms with Crippen LogP contribution in [0.5, 0.6) is 0 Å². The van der Waals surface area contributed by atoms with Gasteiger partial charge in [0.1, 0.15) is 0 Å². The van der Waals surface area contributed by atoms with Crippen molar-refractivity contribution in [3.8, 4) is 22.3 Å². The second-order valence-electron chi connectivity index (χ2n) is 20.0. The van der Waals surface area contributed by atoms with E-state index in [1.807, 2.05) is 0 Å². The fraction of sp³-hybridized carbons (Fsp3) is 0.434. The molecule has 0 bridgehead atoms. The van der Waals surface area contributed by atoms with Crippen LogP contribution in [0.4, 0.5) is 11.4 Å². The quantitative estimate of drug-likeness (QED) is 0.199. The molecular weight excluding hydrogens is 651 g/mol. The van der Waals surface area contributed by atoms with Crippen molar-refractivity contribution in [3.05, 3.63) is 141 Å². The third kappa shape index (κ3) is 5.46. The molecule has 0 heterocycles. The first-order valence-corrected chi connectivity index (χ1v) is 20.8. The molecule has 0 amide bonds. The third-order valence-electron chi connectivity index (χ3n) is 14.7. The molecule has 0 fully saturated rings. The average molecular weight is 714 g/mol. The van der Waals surface area contributed by atoms with Crippen LogP contribution in [0.2, 0.25) is 0 Å². The number of nitrogens with zero attached hydrogens (tertiary/aromatic N) is 1. The van der Waals surface area contributed by atoms with E-state index in [1.165, 1.54) is 98.4 Å². The van der Waals surface area contributed by atoms with Gasteiger partial charge in [-0.2, -0.15) is 0 Å². The Morgan fingerprint density at radius 1 is 0.611 bits per heavy atom. The monoisotopic (exact) mass is 713 g/mol. The summed E-state index contributed by atoms with van der Waals surface area (Å²) in [6.07, 6.45) is 11.9. The van der Waals surface area contributed by atoms with Gasteiger partial charge in [0, 0.05) is 16.7 Å². The molecule has 4 aliphatic rings. The van der Waals surface area contributed by atoms with Gasteiger partial charge in [-0.05, 0) is 147 Å². The zero-order valence-corrected chi connectivity index (χ0v) is 35.4. The Hall–Kier alpha value is -4.10. The maximum atomic E-state index is 2.85. The Bertz CT molecular complexity index is 2270. The fourth-order valence-electron chi connectivity index (χ4n) is 10.8. The molecule has 0 N–H and O–H groups in total. The van der Waals surface area contributed by atoms with Crippen LogP contribution in [0.25, 0.3) is 22.3 Å². The highest BCUT2D eigenvalue weighted by atomic mass is 15.2. The number of allylic oxidation sites excluding steroid dienone is 5. The van der Waals surface area contributed by atoms with Crippen molar-refractivity contribution in [1.82, 2.24) is 0 Å². The summed E-state index contributed by atoms with van der Waals surface area (Å²) in [5.41, 5.74) is 21.4. The molecule has 1 heteroatoms. The normalized spacial score (nSPS) is 23.0. The average Bonchev–Trinajstić information content (AvgIpc) is 3.22. The minimum Gasteiger partial charge on any atom is -0.309 e. The van der Waals surface area contributed by atoms with Gasteiger partial charge in [0.05, 0.1) is 11.4 Å². The van der Waals surface area contributed by atoms with Gasteiger partial charge >= 0.3 is 0 Å². The lowest BCUT2D eigenvalue weighted by molar-refractivity contribution is 0.245. The zero-order valence-electron chi connectivity index (χ0n) is 35.4. The minimum absolute atomic E-state index is 0.00418. The molecule has 4 aliphatic carbocycles. The van der Waals surface area contributed by atoms with E-state index in [1.54, 1.807) is 11.1 Å². The van der Waals surface area contributed by atoms with Crippen LogP contribution in [0, 0.1) is 17.8 Å². The van der Waals surface area contributed by atoms with Crippen LogP contribution in [-0.2, 0) is 16.2 Å². The first-order chi connectivity index (χ1) is 25.4. The summed E-state index contributed by atoms with van der Waals surface area (Å²) < 4.78 is 0. The van der Waals surface area contributed by atoms with Crippen molar-refractivity contribution in [2.45, 2.75) is 138 Å². The second-order valence-corrected chi connectivity index (χ2v) is 20.0. The van der Waals surface area contributed by atoms with Crippen LogP contribution in [0.3, 0.4) is 0 Å². The molecule has 4 aromatic carbocycles. The van der Waals surface area contributed by atoms with Gasteiger partial charge in [0.25, 0.3) is 0 Å². The van der Waals surface area contributed by atoms with E-state index >= 15 is 0 Å². The molecule has 0 saturated carbocycles. The predicted octanol–water partition coefficient (Wildman–Crippen LogP) is 15.2. The molecule has 280 valence electrons. The molecule has 0 spiro atoms. The van der Waals surface area contributed by atoms with Gasteiger partial charge in [-0.1, -0.05) is 148 Å². The lowest BCUT2D eigenvalue weighted by atomic mass is 9.60. The Balaban J connectivity index is 1.58. The maximum absolute atomic E-state index is 2.85. The number of aryl methyl sites for hydroxylation is 1. The summed E-state index contributed by atoms with van der Waals surface area (Å²) in [6.45, 7) is 29.7. The summed E-state index contributed by atoms with van der Waals surface area (Å²) in [5.74, 6) is 0. The van der Waals surface area contributed by atoms with E-state index in [0.29, 0.717) is 0 Å². The highest BCUT2D eigenvalue weighted by Gasteiger charge is 2.47. The Labute approximate surface area is 327 Å². The van der Waals surface area contributed by atoms with E-state index < -0.39 is 0 Å². The van der Waals surface area contributed by atoms with Crippen molar-refractivity contribution < 1.29 is 0 Å². The summed E-state index contributed by atoms with van der Waals surface area (Å²) >= 11 is 0. The number of benzene rings is 4. The lowest BCUT2D eigenvalue weighted by Gasteiger charge is -2.49. The zero-order chi connectivity index (χ0) is 38.6. The SMILES string of the molecule is CCC1(C)CCC(C)(C)C2=C1C=CCC(C)=C2N(c1cc2c(cc1-c1ccccc1)-c1ccccc1C2(C)C)c1c(C)ccc2c1C(C)(C)CCC2(C)C. The second kappa shape index (κ2) is 12.5. The number of fused-ring (bicyclic) bond motifs is 4. The van der Waals surface area contributed by atoms with Crippen LogP contribution in [0.15, 0.2) is 113 Å². The number of anilines is 2. The molecule has 0 aromatic heterocycles. The highest BCUT2D eigenvalue weighted by Crippen LogP contribution is 2.60. The van der Waals surface area contributed by atoms with E-state index in [-0.39, 0.29) is 27.1 Å². The van der Waals surface area contributed by atoms with Crippen molar-refractivity contribution in [2.24, 2.45) is 10.8 Å². The van der Waals surface area contributed by atoms with Gasteiger partial charge in [0.2, 0.25) is 0 Å². The van der Waals surface area contributed by atoms with Crippen LogP contribution >= 0.6 is 0 Å². The maximum Gasteiger partial charge on any atom is 0.0543 e. The summed E-state index contributed by atoms with van der Waals surface area (Å²) in [5, 5.41) is 0. The molecule has 1 nitrogen and oxygen atoms in total. The summed E-state index contributed by atoms with van der Waals surface area (Å²) in [7, 11) is 0. The Morgan fingerprint density at radius 2 is 1.28 bits per heavy atom. The van der Waals surface area contributed by atoms with E-state index in [2.05, 4.69) is 179 Å². The molecule has 8 rings (SSSR count). The predicted molar refractivity (Wildman–Crippen MR) is 233 cm³/mol. The van der Waals surface area contributed by atoms with Gasteiger partial charge in [0.15, 0.2) is 0 Å². The first-order valence-electron chi connectivity index (χ1n) is 20.8. The Kier molecular flexibility index (Phi) is 8.50. The van der Waals surface area contributed by atoms with Crippen molar-refractivity contribution in [3.63, 3.8) is 0 Å². The van der Waals surface area contributed by atoms with Crippen molar-refractivity contribution in [1.29, 1.82) is 0 Å². The van der Waals surface area contributed by atoms with Crippen LogP contribution in [-0.4, -0.2) is 0 Å². The van der Waals surface area contributed by atoms with Crippen LogP contribution < -0.4 is 4.90 Å². The summed E-state index contributed by atoms with van der Waals surface area (Å²) in [6, 6.07) is 30.5.